The molecule has 2 aromatic carbocycles. The number of hydrogen-bond acceptors (Lipinski definition) is 8. The van der Waals surface area contributed by atoms with Crippen molar-refractivity contribution in [2.75, 3.05) is 10.6 Å². The Morgan fingerprint density at radius 1 is 1.07 bits per heavy atom. The minimum Gasteiger partial charge on any atom is -0.489 e. The topological polar surface area (TPSA) is 105 Å². The number of rotatable bonds is 9. The number of benzene rings is 2. The van der Waals surface area contributed by atoms with E-state index in [1.165, 1.54) is 11.8 Å². The summed E-state index contributed by atoms with van der Waals surface area (Å²) in [7, 11) is 7.09. The second-order valence-electron chi connectivity index (χ2n) is 14.1. The van der Waals surface area contributed by atoms with Crippen LogP contribution in [0.2, 0.25) is 5.02 Å². The maximum atomic E-state index is 13.3. The highest BCUT2D eigenvalue weighted by Crippen LogP contribution is 2.41. The second-order valence-corrected chi connectivity index (χ2v) is 17.2. The van der Waals surface area contributed by atoms with E-state index in [-0.39, 0.29) is 32.5 Å². The Morgan fingerprint density at radius 3 is 2.30 bits per heavy atom. The summed E-state index contributed by atoms with van der Waals surface area (Å²) in [5, 5.41) is 10.5. The predicted octanol–water partition coefficient (Wildman–Crippen LogP) is 1.16. The number of anilines is 4. The summed E-state index contributed by atoms with van der Waals surface area (Å²) in [6.45, 7) is 9.49. The number of para-hydroxylation sites is 1. The van der Waals surface area contributed by atoms with Gasteiger partial charge in [-0.05, 0) is 85.6 Å². The normalized spacial score (nSPS) is 17.0. The second kappa shape index (κ2) is 12.1. The third-order valence-corrected chi connectivity index (χ3v) is 10.4. The maximum Gasteiger partial charge on any atom is 0.229 e. The van der Waals surface area contributed by atoms with E-state index in [4.69, 9.17) is 16.3 Å². The zero-order chi connectivity index (χ0) is 32.0. The summed E-state index contributed by atoms with van der Waals surface area (Å²) in [5.41, 5.74) is 3.57. The van der Waals surface area contributed by atoms with Gasteiger partial charge in [0.05, 0.1) is 28.6 Å². The Kier molecular flexibility index (Phi) is 9.37. The van der Waals surface area contributed by atoms with Crippen LogP contribution in [0.5, 0.6) is 5.75 Å². The van der Waals surface area contributed by atoms with Crippen LogP contribution in [-0.4, -0.2) is 79.0 Å². The van der Waals surface area contributed by atoms with Crippen LogP contribution in [0, 0.1) is 6.92 Å². The van der Waals surface area contributed by atoms with Crippen molar-refractivity contribution in [3.05, 3.63) is 58.7 Å². The lowest BCUT2D eigenvalue weighted by molar-refractivity contribution is 0.243. The average Bonchev–Trinajstić information content (AvgIpc) is 2.85. The number of aryl methyl sites for hydroxylation is 1. The van der Waals surface area contributed by atoms with Crippen LogP contribution >= 0.6 is 11.6 Å². The molecule has 15 heteroatoms. The van der Waals surface area contributed by atoms with Crippen LogP contribution in [0.15, 0.2) is 47.5 Å². The van der Waals surface area contributed by atoms with Gasteiger partial charge < -0.3 is 20.7 Å². The molecule has 1 fully saturated rings. The first kappa shape index (κ1) is 33.3. The van der Waals surface area contributed by atoms with Gasteiger partial charge in [0.15, 0.2) is 15.7 Å². The molecule has 43 heavy (non-hydrogen) atoms. The van der Waals surface area contributed by atoms with Crippen molar-refractivity contribution in [2.45, 2.75) is 79.7 Å². The van der Waals surface area contributed by atoms with Gasteiger partial charge in [0, 0.05) is 4.65 Å². The van der Waals surface area contributed by atoms with E-state index >= 15 is 0 Å². The van der Waals surface area contributed by atoms with Crippen molar-refractivity contribution in [1.29, 1.82) is 0 Å². The van der Waals surface area contributed by atoms with Gasteiger partial charge in [0.25, 0.3) is 0 Å². The molecule has 1 aliphatic rings. The molecule has 0 saturated carbocycles. The van der Waals surface area contributed by atoms with Gasteiger partial charge >= 0.3 is 0 Å². The summed E-state index contributed by atoms with van der Waals surface area (Å²) in [6, 6.07) is 11.0. The lowest BCUT2D eigenvalue weighted by Gasteiger charge is -2.48. The molecule has 3 N–H and O–H groups in total. The fourth-order valence-electron chi connectivity index (χ4n) is 6.03. The van der Waals surface area contributed by atoms with E-state index in [1.54, 1.807) is 46.0 Å². The molecular weight excluding hydrogens is 576 g/mol. The largest absolute Gasteiger partial charge is 0.489 e. The molecule has 0 radical (unpaired) electrons. The first-order valence-corrected chi connectivity index (χ1v) is 16.6. The summed E-state index contributed by atoms with van der Waals surface area (Å²) < 4.78 is 31.9. The lowest BCUT2D eigenvalue weighted by atomic mass is 9.46. The van der Waals surface area contributed by atoms with Crippen LogP contribution in [0.4, 0.5) is 23.1 Å². The first-order chi connectivity index (χ1) is 19.8. The number of halogens is 1. The maximum absolute atomic E-state index is 13.3. The monoisotopic (exact) mass is 617 g/mol. The molecule has 1 saturated heterocycles. The number of hydrogen-bond donors (Lipinski definition) is 3. The summed E-state index contributed by atoms with van der Waals surface area (Å²) >= 11 is 6.49. The number of piperidine rings is 1. The predicted molar refractivity (Wildman–Crippen MR) is 192 cm³/mol. The van der Waals surface area contributed by atoms with Crippen LogP contribution in [0.3, 0.4) is 0 Å². The highest BCUT2D eigenvalue weighted by atomic mass is 35.5. The number of sulfone groups is 1. The molecule has 2 heterocycles. The first-order valence-electron chi connectivity index (χ1n) is 14.8. The van der Waals surface area contributed by atoms with E-state index in [1.807, 2.05) is 13.8 Å². The Morgan fingerprint density at radius 2 is 1.70 bits per heavy atom. The molecule has 0 unspecified atom stereocenters. The number of ether oxygens (including phenoxy) is 1. The molecule has 1 aromatic heterocycles. The van der Waals surface area contributed by atoms with E-state index in [2.05, 4.69) is 76.4 Å². The van der Waals surface area contributed by atoms with Gasteiger partial charge in [0.1, 0.15) is 50.0 Å². The van der Waals surface area contributed by atoms with Crippen LogP contribution in [0.25, 0.3) is 0 Å². The molecule has 0 amide bonds. The molecule has 0 aliphatic carbocycles. The molecule has 1 aliphatic heterocycles. The summed E-state index contributed by atoms with van der Waals surface area (Å²) in [5.74, 6) is 1.68. The van der Waals surface area contributed by atoms with Crippen LogP contribution in [-0.2, 0) is 9.84 Å². The lowest BCUT2D eigenvalue weighted by Crippen LogP contribution is -2.64. The van der Waals surface area contributed by atoms with E-state index in [9.17, 15) is 8.42 Å². The van der Waals surface area contributed by atoms with Crippen LogP contribution < -0.4 is 20.7 Å². The number of aromatic nitrogens is 2. The van der Waals surface area contributed by atoms with E-state index < -0.39 is 14.5 Å². The van der Waals surface area contributed by atoms with Crippen molar-refractivity contribution >= 4 is 83.8 Å². The van der Waals surface area contributed by atoms with Crippen molar-refractivity contribution in [3.63, 3.8) is 0 Å². The molecule has 8 nitrogen and oxygen atoms in total. The quantitative estimate of drug-likeness (QED) is 0.308. The van der Waals surface area contributed by atoms with Gasteiger partial charge in [-0.3, -0.25) is 0 Å². The van der Waals surface area contributed by atoms with Crippen molar-refractivity contribution in [2.24, 2.45) is 0 Å². The minimum absolute atomic E-state index is 0.0141. The van der Waals surface area contributed by atoms with E-state index in [0.717, 1.165) is 29.8 Å². The Bertz CT molecular complexity index is 1600. The number of nitrogens with one attached hydrogen (secondary N) is 3. The van der Waals surface area contributed by atoms with Gasteiger partial charge in [-0.2, -0.15) is 4.98 Å². The Hall–Kier alpha value is -2.56. The smallest absolute Gasteiger partial charge is 0.229 e. The van der Waals surface area contributed by atoms with Crippen molar-refractivity contribution in [3.8, 4) is 5.75 Å². The number of nitrogens with zero attached hydrogens (tertiary/aromatic N) is 2. The van der Waals surface area contributed by atoms with Crippen LogP contribution in [0.1, 0.15) is 57.6 Å². The fourth-order valence-corrected chi connectivity index (χ4v) is 7.50. The standard InChI is InChI=1S/C28H41B5ClN5O3S/c1-15(2)42-22-11-18(17-12-27(30,31)39-28(32,33)13-17)16(3)10-21(22)37-25-35-14-19(34)24(38-25)36-20-8-6-7-9-23(20)43(40,41)26(4,5)29/h6-11,14-15,17,39H,12-13,29-33H2,1-5H3,(H2,35,36,37,38). The zero-order valence-corrected chi connectivity index (χ0v) is 28.6. The molecule has 4 rings (SSSR count). The summed E-state index contributed by atoms with van der Waals surface area (Å²) in [4.78, 5) is 9.21. The van der Waals surface area contributed by atoms with Crippen molar-refractivity contribution in [1.82, 2.24) is 15.3 Å². The Balaban J connectivity index is 1.69. The summed E-state index contributed by atoms with van der Waals surface area (Å²) in [6.07, 6.45) is 3.49. The van der Waals surface area contributed by atoms with Gasteiger partial charge in [-0.1, -0.05) is 37.6 Å². The van der Waals surface area contributed by atoms with Gasteiger partial charge in [0.2, 0.25) is 5.95 Å². The highest BCUT2D eigenvalue weighted by molar-refractivity contribution is 7.94. The molecule has 3 aromatic rings. The Labute approximate surface area is 266 Å². The average molecular weight is 617 g/mol. The zero-order valence-electron chi connectivity index (χ0n) is 27.0. The molecule has 0 spiro atoms. The minimum atomic E-state index is -3.63. The van der Waals surface area contributed by atoms with E-state index in [0.29, 0.717) is 17.6 Å². The fraction of sp³-hybridized carbons (Fsp3) is 0.429. The van der Waals surface area contributed by atoms with Gasteiger partial charge in [-0.15, -0.1) is 0 Å². The van der Waals surface area contributed by atoms with Crippen molar-refractivity contribution < 1.29 is 13.2 Å². The molecule has 0 bridgehead atoms. The third-order valence-electron chi connectivity index (χ3n) is 7.59. The third kappa shape index (κ3) is 7.76. The molecule has 0 atom stereocenters. The highest BCUT2D eigenvalue weighted by Gasteiger charge is 2.38. The SMILES string of the molecule is BC1(B)CC(c2cc(OC(C)C)c(Nc3ncc(Cl)c(Nc4ccccc4S(=O)(=O)C(B)(C)C)n3)cc2C)CC(B)(B)N1. The molecular formula is C28H41B5ClN5O3S. The molecule has 224 valence electrons. The van der Waals surface area contributed by atoms with Gasteiger partial charge in [-0.25, -0.2) is 13.4 Å².